The summed E-state index contributed by atoms with van der Waals surface area (Å²) in [6.07, 6.45) is 0.746. The van der Waals surface area contributed by atoms with Gasteiger partial charge >= 0.3 is 0 Å². The van der Waals surface area contributed by atoms with E-state index in [2.05, 4.69) is 31.3 Å². The molecule has 0 spiro atoms. The van der Waals surface area contributed by atoms with Crippen molar-refractivity contribution in [3.05, 3.63) is 64.7 Å². The maximum absolute atomic E-state index is 12.5. The van der Waals surface area contributed by atoms with Gasteiger partial charge in [-0.15, -0.1) is 0 Å². The van der Waals surface area contributed by atoms with Crippen molar-refractivity contribution in [2.75, 3.05) is 13.6 Å². The largest absolute Gasteiger partial charge is 0.350 e. The fraction of sp³-hybridized carbons (Fsp3) is 0.409. The third-order valence-corrected chi connectivity index (χ3v) is 6.93. The number of carbonyl (C=O) groups is 1. The van der Waals surface area contributed by atoms with Gasteiger partial charge in [-0.25, -0.2) is 12.7 Å². The second kappa shape index (κ2) is 9.34. The van der Waals surface area contributed by atoms with Crippen LogP contribution in [0.3, 0.4) is 0 Å². The highest BCUT2D eigenvalue weighted by Crippen LogP contribution is 2.22. The first-order valence-electron chi connectivity index (χ1n) is 9.51. The van der Waals surface area contributed by atoms with Crippen LogP contribution in [0.25, 0.3) is 0 Å². The van der Waals surface area contributed by atoms with Crippen LogP contribution in [0.2, 0.25) is 0 Å². The first-order chi connectivity index (χ1) is 13.1. The minimum absolute atomic E-state index is 0.0735. The van der Waals surface area contributed by atoms with Gasteiger partial charge in [0.25, 0.3) is 0 Å². The van der Waals surface area contributed by atoms with Crippen LogP contribution in [0.4, 0.5) is 0 Å². The Hall–Kier alpha value is -2.18. The number of aryl methyl sites for hydroxylation is 3. The molecule has 0 saturated carbocycles. The highest BCUT2D eigenvalue weighted by molar-refractivity contribution is 7.89. The summed E-state index contributed by atoms with van der Waals surface area (Å²) in [5.41, 5.74) is 4.71. The number of carbonyl (C=O) groups excluding carboxylic acids is 1. The van der Waals surface area contributed by atoms with Crippen molar-refractivity contribution in [3.63, 3.8) is 0 Å². The Morgan fingerprint density at radius 2 is 1.64 bits per heavy atom. The van der Waals surface area contributed by atoms with E-state index < -0.39 is 10.0 Å². The van der Waals surface area contributed by atoms with Gasteiger partial charge in [-0.1, -0.05) is 30.3 Å². The van der Waals surface area contributed by atoms with E-state index in [1.165, 1.54) is 15.4 Å². The van der Waals surface area contributed by atoms with E-state index in [0.29, 0.717) is 13.0 Å². The molecule has 5 nitrogen and oxygen atoms in total. The molecule has 2 aromatic carbocycles. The summed E-state index contributed by atoms with van der Waals surface area (Å²) in [6, 6.07) is 12.5. The lowest BCUT2D eigenvalue weighted by Gasteiger charge is -2.19. The molecule has 2 aromatic rings. The topological polar surface area (TPSA) is 66.5 Å². The normalized spacial score (nSPS) is 12.8. The van der Waals surface area contributed by atoms with Crippen LogP contribution in [-0.4, -0.2) is 32.2 Å². The molecular formula is C22H30N2O3S. The summed E-state index contributed by atoms with van der Waals surface area (Å²) >= 11 is 0. The molecule has 152 valence electrons. The van der Waals surface area contributed by atoms with Crippen molar-refractivity contribution < 1.29 is 13.2 Å². The second-order valence-corrected chi connectivity index (χ2v) is 9.37. The van der Waals surface area contributed by atoms with Crippen molar-refractivity contribution in [2.45, 2.75) is 51.5 Å². The molecule has 0 bridgehead atoms. The molecule has 0 radical (unpaired) electrons. The average molecular weight is 403 g/mol. The van der Waals surface area contributed by atoms with E-state index in [9.17, 15) is 13.2 Å². The molecule has 0 saturated heterocycles. The molecule has 28 heavy (non-hydrogen) atoms. The highest BCUT2D eigenvalue weighted by Gasteiger charge is 2.20. The van der Waals surface area contributed by atoms with E-state index >= 15 is 0 Å². The van der Waals surface area contributed by atoms with Gasteiger partial charge in [-0.3, -0.25) is 4.79 Å². The summed E-state index contributed by atoms with van der Waals surface area (Å²) in [5.74, 6) is -0.0735. The zero-order chi connectivity index (χ0) is 20.9. The Balaban J connectivity index is 1.88. The number of sulfonamides is 1. The second-order valence-electron chi connectivity index (χ2n) is 7.33. The smallest absolute Gasteiger partial charge is 0.242 e. The quantitative estimate of drug-likeness (QED) is 0.728. The molecule has 0 aliphatic carbocycles. The van der Waals surface area contributed by atoms with Crippen LogP contribution in [0.1, 0.15) is 48.1 Å². The first-order valence-corrected chi connectivity index (χ1v) is 11.0. The number of amides is 1. The fourth-order valence-electron chi connectivity index (χ4n) is 3.20. The van der Waals surface area contributed by atoms with Crippen molar-refractivity contribution in [2.24, 2.45) is 0 Å². The van der Waals surface area contributed by atoms with Gasteiger partial charge < -0.3 is 5.32 Å². The van der Waals surface area contributed by atoms with Crippen LogP contribution in [0, 0.1) is 20.8 Å². The van der Waals surface area contributed by atoms with Crippen molar-refractivity contribution in [1.29, 1.82) is 0 Å². The predicted molar refractivity (Wildman–Crippen MR) is 113 cm³/mol. The van der Waals surface area contributed by atoms with Crippen LogP contribution < -0.4 is 5.32 Å². The minimum Gasteiger partial charge on any atom is -0.350 e. The van der Waals surface area contributed by atoms with Crippen molar-refractivity contribution >= 4 is 15.9 Å². The molecule has 0 aliphatic rings. The van der Waals surface area contributed by atoms with Gasteiger partial charge in [0.05, 0.1) is 10.9 Å². The summed E-state index contributed by atoms with van der Waals surface area (Å²) < 4.78 is 26.3. The van der Waals surface area contributed by atoms with Gasteiger partial charge in [-0.05, 0) is 68.5 Å². The van der Waals surface area contributed by atoms with Gasteiger partial charge in [0.1, 0.15) is 0 Å². The van der Waals surface area contributed by atoms with E-state index in [1.807, 2.05) is 13.8 Å². The van der Waals surface area contributed by atoms with Crippen LogP contribution >= 0.6 is 0 Å². The molecule has 0 heterocycles. The van der Waals surface area contributed by atoms with Gasteiger partial charge in [0.2, 0.25) is 15.9 Å². The first kappa shape index (κ1) is 22.1. The van der Waals surface area contributed by atoms with Gasteiger partial charge in [0, 0.05) is 20.0 Å². The summed E-state index contributed by atoms with van der Waals surface area (Å²) in [4.78, 5) is 12.6. The van der Waals surface area contributed by atoms with Crippen LogP contribution in [0.5, 0.6) is 0 Å². The monoisotopic (exact) mass is 402 g/mol. The predicted octanol–water partition coefficient (Wildman–Crippen LogP) is 3.89. The number of nitrogens with one attached hydrogen (secondary N) is 1. The van der Waals surface area contributed by atoms with Gasteiger partial charge in [0.15, 0.2) is 0 Å². The molecule has 6 heteroatoms. The van der Waals surface area contributed by atoms with Crippen molar-refractivity contribution in [1.82, 2.24) is 9.62 Å². The zero-order valence-corrected chi connectivity index (χ0v) is 18.1. The third kappa shape index (κ3) is 5.42. The number of hydrogen-bond acceptors (Lipinski definition) is 3. The Morgan fingerprint density at radius 3 is 2.29 bits per heavy atom. The van der Waals surface area contributed by atoms with Crippen LogP contribution in [-0.2, 0) is 14.8 Å². The molecule has 1 N–H and O–H groups in total. The van der Waals surface area contributed by atoms with E-state index in [-0.39, 0.29) is 23.3 Å². The van der Waals surface area contributed by atoms with Crippen molar-refractivity contribution in [3.8, 4) is 0 Å². The molecule has 1 amide bonds. The Kier molecular flexibility index (Phi) is 7.38. The van der Waals surface area contributed by atoms with E-state index in [0.717, 1.165) is 11.1 Å². The molecule has 0 unspecified atom stereocenters. The standard InChI is InChI=1S/C22H30N2O3S/c1-16-14-18(3)21(15-17(16)2)19(4)23-22(25)12-9-13-24(5)28(26,27)20-10-7-6-8-11-20/h6-8,10-11,14-15,19H,9,12-13H2,1-5H3,(H,23,25)/t19-/m1/s1. The maximum Gasteiger partial charge on any atom is 0.242 e. The lowest BCUT2D eigenvalue weighted by atomic mass is 9.96. The average Bonchev–Trinajstić information content (AvgIpc) is 2.65. The summed E-state index contributed by atoms with van der Waals surface area (Å²) in [5, 5.41) is 3.02. The summed E-state index contributed by atoms with van der Waals surface area (Å²) in [7, 11) is -1.97. The van der Waals surface area contributed by atoms with Gasteiger partial charge in [-0.2, -0.15) is 0 Å². The zero-order valence-electron chi connectivity index (χ0n) is 17.3. The van der Waals surface area contributed by atoms with E-state index in [1.54, 1.807) is 37.4 Å². The van der Waals surface area contributed by atoms with Crippen LogP contribution in [0.15, 0.2) is 47.4 Å². The minimum atomic E-state index is -3.52. The third-order valence-electron chi connectivity index (χ3n) is 5.05. The lowest BCUT2D eigenvalue weighted by molar-refractivity contribution is -0.121. The Labute approximate surface area is 168 Å². The maximum atomic E-state index is 12.5. The number of hydrogen-bond donors (Lipinski definition) is 1. The lowest BCUT2D eigenvalue weighted by Crippen LogP contribution is -2.30. The molecular weight excluding hydrogens is 372 g/mol. The summed E-state index contributed by atoms with van der Waals surface area (Å²) in [6.45, 7) is 8.46. The SMILES string of the molecule is Cc1cc(C)c([C@@H](C)NC(=O)CCCN(C)S(=O)(=O)c2ccccc2)cc1C. The number of rotatable bonds is 8. The number of nitrogens with zero attached hydrogens (tertiary/aromatic N) is 1. The molecule has 0 fully saturated rings. The Morgan fingerprint density at radius 1 is 1.04 bits per heavy atom. The molecule has 1 atom stereocenters. The highest BCUT2D eigenvalue weighted by atomic mass is 32.2. The Bertz CT molecular complexity index is 924. The molecule has 0 aromatic heterocycles. The number of benzene rings is 2. The molecule has 0 aliphatic heterocycles. The molecule has 2 rings (SSSR count). The van der Waals surface area contributed by atoms with E-state index in [4.69, 9.17) is 0 Å². The fourth-order valence-corrected chi connectivity index (χ4v) is 4.43.